The van der Waals surface area contributed by atoms with Crippen LogP contribution >= 0.6 is 0 Å². The molecular formula is C7H13NO5S. The second kappa shape index (κ2) is 3.95. The fourth-order valence-electron chi connectivity index (χ4n) is 0.537. The fraction of sp³-hybridized carbons (Fsp3) is 0.714. The number of carboxylic acid groups (broad SMARTS) is 1. The minimum absolute atomic E-state index is 0.586. The van der Waals surface area contributed by atoms with Crippen molar-refractivity contribution in [1.82, 2.24) is 5.32 Å². The van der Waals surface area contributed by atoms with Crippen molar-refractivity contribution < 1.29 is 23.1 Å². The lowest BCUT2D eigenvalue weighted by molar-refractivity contribution is -0.138. The molecule has 0 saturated heterocycles. The van der Waals surface area contributed by atoms with Crippen LogP contribution in [0.25, 0.3) is 0 Å². The first-order valence-electron chi connectivity index (χ1n) is 3.78. The third-order valence-corrected chi connectivity index (χ3v) is 3.91. The maximum atomic E-state index is 11.3. The lowest BCUT2D eigenvalue weighted by Crippen LogP contribution is -2.48. The van der Waals surface area contributed by atoms with E-state index in [0.29, 0.717) is 0 Å². The Balaban J connectivity index is 4.62. The first-order chi connectivity index (χ1) is 6.09. The Morgan fingerprint density at radius 3 is 2.07 bits per heavy atom. The predicted octanol–water partition coefficient (Wildman–Crippen LogP) is -0.990. The molecule has 0 bridgehead atoms. The van der Waals surface area contributed by atoms with Gasteiger partial charge < -0.3 is 10.4 Å². The van der Waals surface area contributed by atoms with Crippen molar-refractivity contribution in [2.24, 2.45) is 0 Å². The van der Waals surface area contributed by atoms with Crippen molar-refractivity contribution in [3.63, 3.8) is 0 Å². The molecule has 1 amide bonds. The van der Waals surface area contributed by atoms with Crippen molar-refractivity contribution in [2.75, 3.05) is 12.8 Å². The molecule has 0 aromatic rings. The molecule has 0 radical (unpaired) electrons. The van der Waals surface area contributed by atoms with Gasteiger partial charge in [-0.25, -0.2) is 8.42 Å². The Hall–Kier alpha value is -1.11. The molecule has 0 aromatic heterocycles. The van der Waals surface area contributed by atoms with Crippen molar-refractivity contribution in [3.8, 4) is 0 Å². The molecule has 0 spiro atoms. The summed E-state index contributed by atoms with van der Waals surface area (Å²) in [7, 11) is -3.55. The third-order valence-electron chi connectivity index (χ3n) is 1.87. The van der Waals surface area contributed by atoms with E-state index in [1.54, 1.807) is 0 Å². The largest absolute Gasteiger partial charge is 0.480 e. The van der Waals surface area contributed by atoms with E-state index in [4.69, 9.17) is 5.11 Å². The summed E-state index contributed by atoms with van der Waals surface area (Å²) in [4.78, 5) is 21.4. The summed E-state index contributed by atoms with van der Waals surface area (Å²) >= 11 is 0. The van der Waals surface area contributed by atoms with Gasteiger partial charge in [0.1, 0.15) is 11.3 Å². The number of carbonyl (C=O) groups excluding carboxylic acids is 1. The Morgan fingerprint density at radius 2 is 1.79 bits per heavy atom. The smallest absolute Gasteiger partial charge is 0.322 e. The average molecular weight is 223 g/mol. The molecule has 0 rings (SSSR count). The first kappa shape index (κ1) is 12.9. The van der Waals surface area contributed by atoms with Crippen LogP contribution in [0.1, 0.15) is 13.8 Å². The maximum absolute atomic E-state index is 11.3. The van der Waals surface area contributed by atoms with Crippen LogP contribution in [-0.2, 0) is 19.4 Å². The summed E-state index contributed by atoms with van der Waals surface area (Å²) in [5, 5.41) is 10.3. The number of amides is 1. The summed E-state index contributed by atoms with van der Waals surface area (Å²) in [6.07, 6.45) is 0.924. The molecule has 0 aromatic carbocycles. The van der Waals surface area contributed by atoms with Gasteiger partial charge in [-0.2, -0.15) is 0 Å². The van der Waals surface area contributed by atoms with E-state index in [1.165, 1.54) is 13.8 Å². The number of sulfone groups is 1. The first-order valence-corrected chi connectivity index (χ1v) is 5.68. The molecule has 0 heterocycles. The Kier molecular flexibility index (Phi) is 3.64. The summed E-state index contributed by atoms with van der Waals surface area (Å²) in [6, 6.07) is 0. The number of rotatable bonds is 4. The van der Waals surface area contributed by atoms with Gasteiger partial charge in [0.25, 0.3) is 0 Å². The number of aliphatic carboxylic acids is 1. The molecular weight excluding hydrogens is 210 g/mol. The maximum Gasteiger partial charge on any atom is 0.322 e. The summed E-state index contributed by atoms with van der Waals surface area (Å²) < 4.78 is 20.7. The van der Waals surface area contributed by atoms with Gasteiger partial charge in [-0.3, -0.25) is 9.59 Å². The minimum Gasteiger partial charge on any atom is -0.480 e. The molecule has 0 saturated carbocycles. The molecule has 0 aliphatic rings. The van der Waals surface area contributed by atoms with E-state index in [-0.39, 0.29) is 0 Å². The van der Waals surface area contributed by atoms with Crippen LogP contribution < -0.4 is 5.32 Å². The highest BCUT2D eigenvalue weighted by molar-refractivity contribution is 7.92. The second-order valence-electron chi connectivity index (χ2n) is 3.36. The van der Waals surface area contributed by atoms with Gasteiger partial charge in [0.2, 0.25) is 5.91 Å². The third kappa shape index (κ3) is 2.99. The highest BCUT2D eigenvalue weighted by Crippen LogP contribution is 2.14. The molecule has 6 nitrogen and oxygen atoms in total. The van der Waals surface area contributed by atoms with Crippen molar-refractivity contribution in [2.45, 2.75) is 18.6 Å². The second-order valence-corrected chi connectivity index (χ2v) is 5.92. The molecule has 0 aliphatic heterocycles. The van der Waals surface area contributed by atoms with E-state index in [0.717, 1.165) is 6.26 Å². The SMILES string of the molecule is CC(C)(C(=O)NCC(=O)O)S(C)(=O)=O. The van der Waals surface area contributed by atoms with Gasteiger partial charge in [0.15, 0.2) is 9.84 Å². The molecule has 0 aliphatic carbocycles. The quantitative estimate of drug-likeness (QED) is 0.637. The van der Waals surface area contributed by atoms with Gasteiger partial charge in [-0.05, 0) is 13.8 Å². The Bertz CT molecular complexity index is 343. The molecule has 0 fully saturated rings. The highest BCUT2D eigenvalue weighted by Gasteiger charge is 2.38. The van der Waals surface area contributed by atoms with Crippen molar-refractivity contribution in [3.05, 3.63) is 0 Å². The van der Waals surface area contributed by atoms with Gasteiger partial charge in [0, 0.05) is 6.26 Å². The van der Waals surface area contributed by atoms with Crippen molar-refractivity contribution >= 4 is 21.7 Å². The monoisotopic (exact) mass is 223 g/mol. The zero-order valence-corrected chi connectivity index (χ0v) is 9.01. The van der Waals surface area contributed by atoms with Crippen molar-refractivity contribution in [1.29, 1.82) is 0 Å². The van der Waals surface area contributed by atoms with Gasteiger partial charge in [-0.1, -0.05) is 0 Å². The molecule has 0 atom stereocenters. The van der Waals surface area contributed by atoms with Gasteiger partial charge >= 0.3 is 5.97 Å². The minimum atomic E-state index is -3.55. The number of hydrogen-bond donors (Lipinski definition) is 2. The summed E-state index contributed by atoms with van der Waals surface area (Å²) in [5.41, 5.74) is 0. The van der Waals surface area contributed by atoms with Gasteiger partial charge in [-0.15, -0.1) is 0 Å². The van der Waals surface area contributed by atoms with Crippen LogP contribution in [0.3, 0.4) is 0 Å². The normalized spacial score (nSPS) is 12.2. The van der Waals surface area contributed by atoms with Crippen LogP contribution in [0, 0.1) is 0 Å². The van der Waals surface area contributed by atoms with E-state index in [2.05, 4.69) is 0 Å². The molecule has 14 heavy (non-hydrogen) atoms. The zero-order chi connectivity index (χ0) is 11.6. The predicted molar refractivity (Wildman–Crippen MR) is 49.6 cm³/mol. The number of hydrogen-bond acceptors (Lipinski definition) is 4. The Labute approximate surface area is 82.2 Å². The van der Waals surface area contributed by atoms with Crippen LogP contribution in [0.15, 0.2) is 0 Å². The number of carboxylic acids is 1. The van der Waals surface area contributed by atoms with E-state index in [1.807, 2.05) is 5.32 Å². The Morgan fingerprint density at radius 1 is 1.36 bits per heavy atom. The van der Waals surface area contributed by atoms with Crippen LogP contribution in [0.5, 0.6) is 0 Å². The molecule has 2 N–H and O–H groups in total. The van der Waals surface area contributed by atoms with E-state index >= 15 is 0 Å². The zero-order valence-electron chi connectivity index (χ0n) is 8.20. The van der Waals surface area contributed by atoms with Crippen LogP contribution in [0.2, 0.25) is 0 Å². The van der Waals surface area contributed by atoms with E-state index < -0.39 is 33.0 Å². The molecule has 7 heteroatoms. The topological polar surface area (TPSA) is 101 Å². The lowest BCUT2D eigenvalue weighted by Gasteiger charge is -2.20. The molecule has 82 valence electrons. The summed E-state index contributed by atoms with van der Waals surface area (Å²) in [5.74, 6) is -2.04. The average Bonchev–Trinajstić information content (AvgIpc) is 1.97. The van der Waals surface area contributed by atoms with E-state index in [9.17, 15) is 18.0 Å². The summed E-state index contributed by atoms with van der Waals surface area (Å²) in [6.45, 7) is 1.86. The number of nitrogens with one attached hydrogen (secondary N) is 1. The van der Waals surface area contributed by atoms with Crippen LogP contribution in [0.4, 0.5) is 0 Å². The fourth-order valence-corrected chi connectivity index (χ4v) is 0.946. The molecule has 0 unspecified atom stereocenters. The number of carbonyl (C=O) groups is 2. The standard InChI is InChI=1S/C7H13NO5S/c1-7(2,14(3,12)13)6(11)8-4-5(9)10/h4H2,1-3H3,(H,8,11)(H,9,10). The van der Waals surface area contributed by atoms with Crippen LogP contribution in [-0.4, -0.2) is 42.9 Å². The van der Waals surface area contributed by atoms with Gasteiger partial charge in [0.05, 0.1) is 0 Å². The lowest BCUT2D eigenvalue weighted by atomic mass is 10.2. The highest BCUT2D eigenvalue weighted by atomic mass is 32.2.